The molecule has 1 unspecified atom stereocenters. The van der Waals surface area contributed by atoms with Gasteiger partial charge in [0.15, 0.2) is 5.96 Å². The molecular formula is C18H27F2IN4O. The summed E-state index contributed by atoms with van der Waals surface area (Å²) in [6, 6.07) is 4.07. The van der Waals surface area contributed by atoms with Gasteiger partial charge < -0.3 is 20.3 Å². The van der Waals surface area contributed by atoms with Crippen LogP contribution in [0.1, 0.15) is 19.3 Å². The summed E-state index contributed by atoms with van der Waals surface area (Å²) in [7, 11) is 1.71. The summed E-state index contributed by atoms with van der Waals surface area (Å²) in [5.41, 5.74) is 0.0585. The predicted octanol–water partition coefficient (Wildman–Crippen LogP) is 2.75. The van der Waals surface area contributed by atoms with Crippen LogP contribution in [-0.4, -0.2) is 51.9 Å². The van der Waals surface area contributed by atoms with Gasteiger partial charge in [-0.05, 0) is 37.3 Å². The molecule has 1 saturated heterocycles. The number of aliphatic imine (C=N–C) groups is 1. The van der Waals surface area contributed by atoms with E-state index in [9.17, 15) is 8.78 Å². The number of nitrogens with zero attached hydrogens (tertiary/aromatic N) is 2. The van der Waals surface area contributed by atoms with Gasteiger partial charge in [-0.15, -0.1) is 24.0 Å². The molecule has 5 nitrogen and oxygen atoms in total. The fraction of sp³-hybridized carbons (Fsp3) is 0.611. The van der Waals surface area contributed by atoms with Gasteiger partial charge in [0, 0.05) is 39.3 Å². The lowest BCUT2D eigenvalue weighted by atomic mass is 10.2. The number of hydrogen-bond acceptors (Lipinski definition) is 3. The lowest BCUT2D eigenvalue weighted by Gasteiger charge is -2.21. The molecule has 146 valence electrons. The van der Waals surface area contributed by atoms with Crippen molar-refractivity contribution in [3.63, 3.8) is 0 Å². The van der Waals surface area contributed by atoms with E-state index in [4.69, 9.17) is 4.74 Å². The maximum Gasteiger partial charge on any atom is 0.191 e. The quantitative estimate of drug-likeness (QED) is 0.273. The zero-order valence-corrected chi connectivity index (χ0v) is 17.3. The fourth-order valence-electron chi connectivity index (χ4n) is 3.04. The number of nitrogens with one attached hydrogen (secondary N) is 2. The molecule has 0 bridgehead atoms. The predicted molar refractivity (Wildman–Crippen MR) is 110 cm³/mol. The molecule has 26 heavy (non-hydrogen) atoms. The normalized spacial score (nSPS) is 20.0. The van der Waals surface area contributed by atoms with Crippen LogP contribution in [0.2, 0.25) is 0 Å². The van der Waals surface area contributed by atoms with Crippen molar-refractivity contribution in [3.05, 3.63) is 29.8 Å². The molecule has 1 heterocycles. The Morgan fingerprint density at radius 3 is 2.65 bits per heavy atom. The number of rotatable bonds is 7. The minimum Gasteiger partial charge on any atom is -0.379 e. The Bertz CT molecular complexity index is 593. The molecule has 1 aliphatic carbocycles. The van der Waals surface area contributed by atoms with Crippen molar-refractivity contribution < 1.29 is 13.5 Å². The molecule has 2 N–H and O–H groups in total. The summed E-state index contributed by atoms with van der Waals surface area (Å²) in [5.74, 6) is 0.420. The molecule has 3 rings (SSSR count). The summed E-state index contributed by atoms with van der Waals surface area (Å²) in [6.45, 7) is 3.33. The van der Waals surface area contributed by atoms with Crippen molar-refractivity contribution in [1.82, 2.24) is 10.6 Å². The first kappa shape index (κ1) is 21.1. The number of ether oxygens (including phenoxy) is 1. The monoisotopic (exact) mass is 480 g/mol. The molecule has 1 atom stereocenters. The number of anilines is 1. The first-order valence-corrected chi connectivity index (χ1v) is 8.91. The van der Waals surface area contributed by atoms with E-state index in [1.54, 1.807) is 11.9 Å². The zero-order chi connectivity index (χ0) is 17.6. The third-order valence-corrected chi connectivity index (χ3v) is 4.60. The van der Waals surface area contributed by atoms with E-state index < -0.39 is 11.6 Å². The van der Waals surface area contributed by atoms with Crippen LogP contribution in [0, 0.1) is 17.6 Å². The Hall–Kier alpha value is -1.16. The van der Waals surface area contributed by atoms with Crippen molar-refractivity contribution in [1.29, 1.82) is 0 Å². The second kappa shape index (κ2) is 10.2. The van der Waals surface area contributed by atoms with E-state index in [0.29, 0.717) is 32.2 Å². The second-order valence-corrected chi connectivity index (χ2v) is 6.66. The van der Waals surface area contributed by atoms with Gasteiger partial charge in [0.25, 0.3) is 0 Å². The van der Waals surface area contributed by atoms with Gasteiger partial charge in [-0.1, -0.05) is 6.07 Å². The molecule has 2 aliphatic rings. The highest BCUT2D eigenvalue weighted by Gasteiger charge is 2.27. The Balaban J connectivity index is 0.00000243. The van der Waals surface area contributed by atoms with E-state index in [-0.39, 0.29) is 35.7 Å². The second-order valence-electron chi connectivity index (χ2n) is 6.66. The molecule has 1 saturated carbocycles. The van der Waals surface area contributed by atoms with Crippen molar-refractivity contribution in [3.8, 4) is 0 Å². The average Bonchev–Trinajstić information content (AvgIpc) is 3.31. The van der Waals surface area contributed by atoms with Crippen LogP contribution in [0.15, 0.2) is 23.2 Å². The van der Waals surface area contributed by atoms with E-state index >= 15 is 0 Å². The molecule has 0 amide bonds. The molecule has 0 radical (unpaired) electrons. The first-order chi connectivity index (χ1) is 12.2. The number of guanidine groups is 1. The summed E-state index contributed by atoms with van der Waals surface area (Å²) in [4.78, 5) is 5.95. The average molecular weight is 480 g/mol. The molecule has 1 aromatic rings. The van der Waals surface area contributed by atoms with Crippen molar-refractivity contribution in [2.45, 2.75) is 25.3 Å². The van der Waals surface area contributed by atoms with Crippen molar-refractivity contribution >= 4 is 35.6 Å². The molecule has 1 aromatic carbocycles. The smallest absolute Gasteiger partial charge is 0.191 e. The number of halogens is 3. The van der Waals surface area contributed by atoms with Gasteiger partial charge >= 0.3 is 0 Å². The van der Waals surface area contributed by atoms with Crippen LogP contribution in [0.25, 0.3) is 0 Å². The van der Waals surface area contributed by atoms with Crippen molar-refractivity contribution in [2.24, 2.45) is 10.9 Å². The molecule has 8 heteroatoms. The lowest BCUT2D eigenvalue weighted by Crippen LogP contribution is -2.45. The SMILES string of the molecule is CN=C(NCCOCC1CC1)NC1CCN(c2c(F)cccc2F)C1.I. The fourth-order valence-corrected chi connectivity index (χ4v) is 3.04. The Kier molecular flexibility index (Phi) is 8.33. The van der Waals surface area contributed by atoms with Gasteiger partial charge in [0.1, 0.15) is 17.3 Å². The Morgan fingerprint density at radius 2 is 2.00 bits per heavy atom. The van der Waals surface area contributed by atoms with Gasteiger partial charge in [-0.3, -0.25) is 4.99 Å². The van der Waals surface area contributed by atoms with E-state index in [1.807, 2.05) is 0 Å². The first-order valence-electron chi connectivity index (χ1n) is 8.91. The van der Waals surface area contributed by atoms with Gasteiger partial charge in [0.05, 0.1) is 6.61 Å². The minimum atomic E-state index is -0.518. The molecule has 0 aromatic heterocycles. The van der Waals surface area contributed by atoms with Gasteiger partial charge in [0.2, 0.25) is 0 Å². The van der Waals surface area contributed by atoms with Gasteiger partial charge in [-0.25, -0.2) is 8.78 Å². The molecular weight excluding hydrogens is 453 g/mol. The van der Waals surface area contributed by atoms with E-state index in [2.05, 4.69) is 15.6 Å². The topological polar surface area (TPSA) is 48.9 Å². The minimum absolute atomic E-state index is 0. The summed E-state index contributed by atoms with van der Waals surface area (Å²) < 4.78 is 33.4. The van der Waals surface area contributed by atoms with Crippen LogP contribution >= 0.6 is 24.0 Å². The highest BCUT2D eigenvalue weighted by Crippen LogP contribution is 2.28. The van der Waals surface area contributed by atoms with E-state index in [0.717, 1.165) is 18.9 Å². The lowest BCUT2D eigenvalue weighted by molar-refractivity contribution is 0.129. The summed E-state index contributed by atoms with van der Waals surface area (Å²) >= 11 is 0. The third-order valence-electron chi connectivity index (χ3n) is 4.60. The zero-order valence-electron chi connectivity index (χ0n) is 15.0. The summed E-state index contributed by atoms with van der Waals surface area (Å²) in [5, 5.41) is 6.53. The van der Waals surface area contributed by atoms with Crippen LogP contribution in [0.4, 0.5) is 14.5 Å². The maximum absolute atomic E-state index is 13.9. The standard InChI is InChI=1S/C18H26F2N4O.HI/c1-21-18(22-8-10-25-12-13-5-6-13)23-14-7-9-24(11-14)17-15(19)3-2-4-16(17)20;/h2-4,13-14H,5-12H2,1H3,(H2,21,22,23);1H. The Morgan fingerprint density at radius 1 is 1.27 bits per heavy atom. The molecule has 0 spiro atoms. The van der Waals surface area contributed by atoms with Crippen molar-refractivity contribution in [2.75, 3.05) is 44.8 Å². The molecule has 1 aliphatic heterocycles. The summed E-state index contributed by atoms with van der Waals surface area (Å²) in [6.07, 6.45) is 3.38. The van der Waals surface area contributed by atoms with E-state index in [1.165, 1.54) is 31.0 Å². The number of hydrogen-bond donors (Lipinski definition) is 2. The number of benzene rings is 1. The third kappa shape index (κ3) is 5.94. The van der Waals surface area contributed by atoms with Crippen LogP contribution < -0.4 is 15.5 Å². The largest absolute Gasteiger partial charge is 0.379 e. The highest BCUT2D eigenvalue weighted by atomic mass is 127. The number of para-hydroxylation sites is 1. The van der Waals surface area contributed by atoms with Gasteiger partial charge in [-0.2, -0.15) is 0 Å². The Labute approximate surface area is 170 Å². The van der Waals surface area contributed by atoms with Crippen LogP contribution in [-0.2, 0) is 4.74 Å². The van der Waals surface area contributed by atoms with Crippen LogP contribution in [0.3, 0.4) is 0 Å². The maximum atomic E-state index is 13.9. The van der Waals surface area contributed by atoms with Crippen LogP contribution in [0.5, 0.6) is 0 Å². The molecule has 2 fully saturated rings. The highest BCUT2D eigenvalue weighted by molar-refractivity contribution is 14.0.